The van der Waals surface area contributed by atoms with Gasteiger partial charge in [0.2, 0.25) is 0 Å². The van der Waals surface area contributed by atoms with Crippen LogP contribution >= 0.6 is 0 Å². The number of hydrogen-bond donors (Lipinski definition) is 2. The van der Waals surface area contributed by atoms with E-state index >= 15 is 0 Å². The lowest BCUT2D eigenvalue weighted by Crippen LogP contribution is -2.44. The number of nitrogens with one attached hydrogen (secondary N) is 1. The molecule has 2 heterocycles. The summed E-state index contributed by atoms with van der Waals surface area (Å²) >= 11 is 0. The third kappa shape index (κ3) is 1.81. The fourth-order valence-electron chi connectivity index (χ4n) is 2.91. The van der Waals surface area contributed by atoms with Gasteiger partial charge in [-0.05, 0) is 24.5 Å². The molecule has 2 saturated heterocycles. The maximum Gasteiger partial charge on any atom is 0.118 e. The van der Waals surface area contributed by atoms with Crippen LogP contribution < -0.4 is 5.32 Å². The van der Waals surface area contributed by atoms with Gasteiger partial charge in [-0.3, -0.25) is 4.90 Å². The average Bonchev–Trinajstić information content (AvgIpc) is 2.90. The van der Waals surface area contributed by atoms with E-state index in [-0.39, 0.29) is 0 Å². The summed E-state index contributed by atoms with van der Waals surface area (Å²) in [7, 11) is 0. The first-order valence-corrected chi connectivity index (χ1v) is 6.07. The first-order valence-electron chi connectivity index (χ1n) is 6.07. The molecule has 3 rings (SSSR count). The normalized spacial score (nSPS) is 28.8. The molecular weight excluding hydrogens is 200 g/mol. The van der Waals surface area contributed by atoms with E-state index in [1.807, 2.05) is 18.2 Å². The molecule has 2 bridgehead atoms. The van der Waals surface area contributed by atoms with Gasteiger partial charge in [-0.25, -0.2) is 0 Å². The van der Waals surface area contributed by atoms with Crippen molar-refractivity contribution in [3.05, 3.63) is 29.8 Å². The SMILES string of the molecule is Oc1ccccc1CCN1CC2CC1CN2. The highest BCUT2D eigenvalue weighted by atomic mass is 16.3. The molecule has 0 spiro atoms. The molecule has 2 unspecified atom stereocenters. The van der Waals surface area contributed by atoms with E-state index in [0.29, 0.717) is 5.75 Å². The molecule has 16 heavy (non-hydrogen) atoms. The van der Waals surface area contributed by atoms with Crippen molar-refractivity contribution in [3.63, 3.8) is 0 Å². The molecule has 0 radical (unpaired) electrons. The summed E-state index contributed by atoms with van der Waals surface area (Å²) in [6, 6.07) is 9.10. The molecule has 0 amide bonds. The maximum absolute atomic E-state index is 9.69. The Hall–Kier alpha value is -1.06. The van der Waals surface area contributed by atoms with Gasteiger partial charge in [0.1, 0.15) is 5.75 Å². The largest absolute Gasteiger partial charge is 0.508 e. The fraction of sp³-hybridized carbons (Fsp3) is 0.538. The topological polar surface area (TPSA) is 35.5 Å². The van der Waals surface area contributed by atoms with Crippen LogP contribution in [-0.4, -0.2) is 41.7 Å². The van der Waals surface area contributed by atoms with E-state index in [1.165, 1.54) is 13.0 Å². The van der Waals surface area contributed by atoms with Crippen molar-refractivity contribution in [2.75, 3.05) is 19.6 Å². The molecule has 2 atom stereocenters. The number of para-hydroxylation sites is 1. The number of rotatable bonds is 3. The van der Waals surface area contributed by atoms with Crippen LogP contribution in [0, 0.1) is 0 Å². The first-order chi connectivity index (χ1) is 7.83. The van der Waals surface area contributed by atoms with Crippen LogP contribution in [0.3, 0.4) is 0 Å². The van der Waals surface area contributed by atoms with E-state index in [4.69, 9.17) is 0 Å². The van der Waals surface area contributed by atoms with Crippen molar-refractivity contribution in [1.29, 1.82) is 0 Å². The lowest BCUT2D eigenvalue weighted by atomic mass is 10.1. The number of phenolic OH excluding ortho intramolecular Hbond substituents is 1. The van der Waals surface area contributed by atoms with Crippen molar-refractivity contribution in [2.24, 2.45) is 0 Å². The molecule has 86 valence electrons. The van der Waals surface area contributed by atoms with Gasteiger partial charge in [-0.1, -0.05) is 18.2 Å². The summed E-state index contributed by atoms with van der Waals surface area (Å²) in [5.74, 6) is 0.435. The number of aromatic hydroxyl groups is 1. The number of likely N-dealkylation sites (tertiary alicyclic amines) is 1. The Morgan fingerprint density at radius 3 is 2.94 bits per heavy atom. The van der Waals surface area contributed by atoms with Gasteiger partial charge in [-0.2, -0.15) is 0 Å². The highest BCUT2D eigenvalue weighted by Gasteiger charge is 2.36. The molecule has 0 aliphatic carbocycles. The lowest BCUT2D eigenvalue weighted by molar-refractivity contribution is 0.228. The summed E-state index contributed by atoms with van der Waals surface area (Å²) in [5.41, 5.74) is 1.07. The maximum atomic E-state index is 9.69. The summed E-state index contributed by atoms with van der Waals surface area (Å²) < 4.78 is 0. The molecule has 3 heteroatoms. The smallest absolute Gasteiger partial charge is 0.118 e. The Labute approximate surface area is 96.1 Å². The molecule has 0 aromatic heterocycles. The summed E-state index contributed by atoms with van der Waals surface area (Å²) in [4.78, 5) is 2.55. The lowest BCUT2D eigenvalue weighted by Gasteiger charge is -2.27. The molecule has 0 saturated carbocycles. The third-order valence-corrected chi connectivity index (χ3v) is 3.83. The number of piperazine rings is 1. The number of benzene rings is 1. The van der Waals surface area contributed by atoms with Gasteiger partial charge in [-0.15, -0.1) is 0 Å². The van der Waals surface area contributed by atoms with Gasteiger partial charge in [0.15, 0.2) is 0 Å². The monoisotopic (exact) mass is 218 g/mol. The average molecular weight is 218 g/mol. The second kappa shape index (κ2) is 4.07. The summed E-state index contributed by atoms with van der Waals surface area (Å²) in [5, 5.41) is 13.2. The number of fused-ring (bicyclic) bond motifs is 2. The number of nitrogens with zero attached hydrogens (tertiary/aromatic N) is 1. The molecule has 3 nitrogen and oxygen atoms in total. The molecule has 2 N–H and O–H groups in total. The predicted octanol–water partition coefficient (Wildman–Crippen LogP) is 0.981. The van der Waals surface area contributed by atoms with E-state index in [2.05, 4.69) is 10.2 Å². The number of phenols is 1. The molecule has 2 aliphatic rings. The van der Waals surface area contributed by atoms with E-state index in [0.717, 1.165) is 37.2 Å². The molecule has 1 aromatic carbocycles. The fourth-order valence-corrected chi connectivity index (χ4v) is 2.91. The van der Waals surface area contributed by atoms with E-state index in [9.17, 15) is 5.11 Å². The van der Waals surface area contributed by atoms with Crippen molar-refractivity contribution in [3.8, 4) is 5.75 Å². The van der Waals surface area contributed by atoms with Gasteiger partial charge in [0.25, 0.3) is 0 Å². The van der Waals surface area contributed by atoms with Crippen molar-refractivity contribution in [1.82, 2.24) is 10.2 Å². The van der Waals surface area contributed by atoms with E-state index in [1.54, 1.807) is 6.07 Å². The predicted molar refractivity (Wildman–Crippen MR) is 63.6 cm³/mol. The van der Waals surface area contributed by atoms with Gasteiger partial charge >= 0.3 is 0 Å². The Balaban J connectivity index is 1.59. The Kier molecular flexibility index (Phi) is 2.58. The van der Waals surface area contributed by atoms with Crippen LogP contribution in [0.2, 0.25) is 0 Å². The molecule has 1 aromatic rings. The van der Waals surface area contributed by atoms with Crippen molar-refractivity contribution >= 4 is 0 Å². The first kappa shape index (κ1) is 10.1. The van der Waals surface area contributed by atoms with Crippen LogP contribution in [0.5, 0.6) is 5.75 Å². The zero-order valence-corrected chi connectivity index (χ0v) is 9.39. The summed E-state index contributed by atoms with van der Waals surface area (Å²) in [6.07, 6.45) is 2.26. The van der Waals surface area contributed by atoms with Crippen LogP contribution in [0.1, 0.15) is 12.0 Å². The van der Waals surface area contributed by atoms with E-state index < -0.39 is 0 Å². The zero-order chi connectivity index (χ0) is 11.0. The standard InChI is InChI=1S/C13H18N2O/c16-13-4-2-1-3-10(13)5-6-15-9-11-7-12(15)8-14-11/h1-4,11-12,14,16H,5-9H2. The quantitative estimate of drug-likeness (QED) is 0.794. The molecular formula is C13H18N2O. The van der Waals surface area contributed by atoms with Crippen molar-refractivity contribution < 1.29 is 5.11 Å². The Morgan fingerprint density at radius 1 is 1.38 bits per heavy atom. The van der Waals surface area contributed by atoms with Crippen LogP contribution in [-0.2, 0) is 6.42 Å². The minimum Gasteiger partial charge on any atom is -0.508 e. The van der Waals surface area contributed by atoms with Crippen LogP contribution in [0.15, 0.2) is 24.3 Å². The van der Waals surface area contributed by atoms with Crippen LogP contribution in [0.4, 0.5) is 0 Å². The van der Waals surface area contributed by atoms with Crippen LogP contribution in [0.25, 0.3) is 0 Å². The zero-order valence-electron chi connectivity index (χ0n) is 9.39. The molecule has 2 fully saturated rings. The van der Waals surface area contributed by atoms with Gasteiger partial charge < -0.3 is 10.4 Å². The second-order valence-corrected chi connectivity index (χ2v) is 4.87. The second-order valence-electron chi connectivity index (χ2n) is 4.87. The Bertz CT molecular complexity index is 380. The highest BCUT2D eigenvalue weighted by molar-refractivity contribution is 5.31. The molecule has 2 aliphatic heterocycles. The number of hydrogen-bond acceptors (Lipinski definition) is 3. The highest BCUT2D eigenvalue weighted by Crippen LogP contribution is 2.24. The minimum absolute atomic E-state index is 0.435. The third-order valence-electron chi connectivity index (χ3n) is 3.83. The van der Waals surface area contributed by atoms with Gasteiger partial charge in [0.05, 0.1) is 0 Å². The summed E-state index contributed by atoms with van der Waals surface area (Å²) in [6.45, 7) is 3.39. The minimum atomic E-state index is 0.435. The van der Waals surface area contributed by atoms with Gasteiger partial charge in [0, 0.05) is 31.7 Å². The van der Waals surface area contributed by atoms with Crippen molar-refractivity contribution in [2.45, 2.75) is 24.9 Å². The Morgan fingerprint density at radius 2 is 2.25 bits per heavy atom.